The summed E-state index contributed by atoms with van der Waals surface area (Å²) in [7, 11) is 0. The van der Waals surface area contributed by atoms with Gasteiger partial charge in [-0.2, -0.15) is 4.98 Å². The van der Waals surface area contributed by atoms with E-state index in [9.17, 15) is 4.79 Å². The predicted molar refractivity (Wildman–Crippen MR) is 91.8 cm³/mol. The predicted octanol–water partition coefficient (Wildman–Crippen LogP) is 3.84. The van der Waals surface area contributed by atoms with Crippen molar-refractivity contribution in [3.05, 3.63) is 41.5 Å². The Kier molecular flexibility index (Phi) is 6.78. The molecule has 1 heterocycles. The number of rotatable bonds is 9. The van der Waals surface area contributed by atoms with Gasteiger partial charge in [0.15, 0.2) is 5.82 Å². The molecule has 0 bridgehead atoms. The molecule has 130 valence electrons. The van der Waals surface area contributed by atoms with Crippen molar-refractivity contribution in [2.45, 2.75) is 46.6 Å². The molecule has 0 radical (unpaired) electrons. The van der Waals surface area contributed by atoms with Crippen molar-refractivity contribution >= 4 is 11.7 Å². The number of carbonyl (C=O) groups is 1. The van der Waals surface area contributed by atoms with Crippen LogP contribution in [0.3, 0.4) is 0 Å². The molecule has 0 unspecified atom stereocenters. The van der Waals surface area contributed by atoms with Crippen molar-refractivity contribution in [3.63, 3.8) is 0 Å². The van der Waals surface area contributed by atoms with Crippen LogP contribution in [0.15, 0.2) is 28.8 Å². The Morgan fingerprint density at radius 2 is 2.04 bits per heavy atom. The fraction of sp³-hybridized carbons (Fsp3) is 0.500. The zero-order chi connectivity index (χ0) is 17.4. The van der Waals surface area contributed by atoms with Gasteiger partial charge < -0.3 is 14.6 Å². The minimum atomic E-state index is -0.287. The quantitative estimate of drug-likeness (QED) is 0.556. The van der Waals surface area contributed by atoms with Crippen LogP contribution in [-0.2, 0) is 17.7 Å². The fourth-order valence-electron chi connectivity index (χ4n) is 2.10. The van der Waals surface area contributed by atoms with E-state index in [-0.39, 0.29) is 5.97 Å². The number of aromatic nitrogens is 2. The van der Waals surface area contributed by atoms with Crippen LogP contribution in [0.25, 0.3) is 0 Å². The minimum Gasteiger partial charge on any atom is -0.462 e. The third-order valence-electron chi connectivity index (χ3n) is 3.40. The maximum Gasteiger partial charge on any atom is 0.338 e. The molecule has 0 saturated carbocycles. The zero-order valence-corrected chi connectivity index (χ0v) is 14.5. The highest BCUT2D eigenvalue weighted by molar-refractivity contribution is 5.89. The van der Waals surface area contributed by atoms with E-state index in [1.165, 1.54) is 0 Å². The smallest absolute Gasteiger partial charge is 0.338 e. The molecule has 0 atom stereocenters. The first-order chi connectivity index (χ1) is 11.6. The van der Waals surface area contributed by atoms with Crippen LogP contribution in [0.5, 0.6) is 0 Å². The number of carbonyl (C=O) groups excluding carboxylic acids is 1. The average Bonchev–Trinajstić information content (AvgIpc) is 3.00. The lowest BCUT2D eigenvalue weighted by molar-refractivity contribution is 0.0500. The minimum absolute atomic E-state index is 0.287. The average molecular weight is 331 g/mol. The Balaban J connectivity index is 1.83. The maximum absolute atomic E-state index is 11.8. The van der Waals surface area contributed by atoms with Gasteiger partial charge in [0, 0.05) is 12.1 Å². The lowest BCUT2D eigenvalue weighted by Crippen LogP contribution is -2.06. The highest BCUT2D eigenvalue weighted by atomic mass is 16.5. The van der Waals surface area contributed by atoms with Crippen molar-refractivity contribution in [3.8, 4) is 0 Å². The Bertz CT molecular complexity index is 635. The second-order valence-electron chi connectivity index (χ2n) is 6.12. The normalized spacial score (nSPS) is 10.8. The van der Waals surface area contributed by atoms with Crippen molar-refractivity contribution < 1.29 is 14.1 Å². The van der Waals surface area contributed by atoms with E-state index in [2.05, 4.69) is 36.2 Å². The van der Waals surface area contributed by atoms with E-state index < -0.39 is 0 Å². The Hall–Kier alpha value is -2.37. The molecule has 0 aliphatic rings. The molecular weight excluding hydrogens is 306 g/mol. The summed E-state index contributed by atoms with van der Waals surface area (Å²) in [5.41, 5.74) is 1.43. The van der Waals surface area contributed by atoms with E-state index in [1.807, 2.05) is 12.1 Å². The third-order valence-corrected chi connectivity index (χ3v) is 3.40. The molecule has 0 spiro atoms. The highest BCUT2D eigenvalue weighted by Gasteiger charge is 2.09. The second kappa shape index (κ2) is 9.05. The largest absolute Gasteiger partial charge is 0.462 e. The standard InChI is InChI=1S/C18H25N3O3/c1-4-5-10-23-18(22)14-6-8-15(9-7-14)19-12-17-20-16(21-24-17)11-13(2)3/h6-9,13,19H,4-5,10-12H2,1-3H3. The number of unbranched alkanes of at least 4 members (excludes halogenated alkanes) is 1. The number of nitrogens with zero attached hydrogens (tertiary/aromatic N) is 2. The van der Waals surface area contributed by atoms with Gasteiger partial charge in [0.1, 0.15) is 0 Å². The van der Waals surface area contributed by atoms with Gasteiger partial charge >= 0.3 is 5.97 Å². The van der Waals surface area contributed by atoms with Crippen molar-refractivity contribution in [2.24, 2.45) is 5.92 Å². The zero-order valence-electron chi connectivity index (χ0n) is 14.5. The van der Waals surface area contributed by atoms with Gasteiger partial charge in [-0.25, -0.2) is 4.79 Å². The van der Waals surface area contributed by atoms with E-state index in [0.29, 0.717) is 30.5 Å². The number of ether oxygens (including phenoxy) is 1. The first-order valence-electron chi connectivity index (χ1n) is 8.41. The van der Waals surface area contributed by atoms with Gasteiger partial charge in [-0.05, 0) is 36.6 Å². The van der Waals surface area contributed by atoms with Gasteiger partial charge in [0.2, 0.25) is 5.89 Å². The van der Waals surface area contributed by atoms with Crippen LogP contribution < -0.4 is 5.32 Å². The van der Waals surface area contributed by atoms with Crippen molar-refractivity contribution in [1.82, 2.24) is 10.1 Å². The summed E-state index contributed by atoms with van der Waals surface area (Å²) >= 11 is 0. The van der Waals surface area contributed by atoms with Crippen LogP contribution in [0.2, 0.25) is 0 Å². The molecule has 24 heavy (non-hydrogen) atoms. The summed E-state index contributed by atoms with van der Waals surface area (Å²) in [6.07, 6.45) is 2.69. The molecule has 0 amide bonds. The SMILES string of the molecule is CCCCOC(=O)c1ccc(NCc2nc(CC(C)C)no2)cc1. The summed E-state index contributed by atoms with van der Waals surface area (Å²) in [5, 5.41) is 7.15. The van der Waals surface area contributed by atoms with Crippen LogP contribution in [0.4, 0.5) is 5.69 Å². The van der Waals surface area contributed by atoms with Crippen LogP contribution in [0, 0.1) is 5.92 Å². The molecule has 0 aliphatic carbocycles. The summed E-state index contributed by atoms with van der Waals surface area (Å²) in [4.78, 5) is 16.2. The fourth-order valence-corrected chi connectivity index (χ4v) is 2.10. The highest BCUT2D eigenvalue weighted by Crippen LogP contribution is 2.12. The molecule has 0 saturated heterocycles. The molecule has 2 aromatic rings. The van der Waals surface area contributed by atoms with Gasteiger partial charge in [-0.1, -0.05) is 32.3 Å². The molecule has 2 rings (SSSR count). The lowest BCUT2D eigenvalue weighted by atomic mass is 10.1. The Morgan fingerprint density at radius 1 is 1.29 bits per heavy atom. The first-order valence-corrected chi connectivity index (χ1v) is 8.41. The molecule has 0 aliphatic heterocycles. The number of hydrogen-bond donors (Lipinski definition) is 1. The number of anilines is 1. The third kappa shape index (κ3) is 5.68. The molecule has 1 N–H and O–H groups in total. The number of esters is 1. The maximum atomic E-state index is 11.8. The summed E-state index contributed by atoms with van der Waals surface area (Å²) in [6, 6.07) is 7.16. The molecule has 0 fully saturated rings. The van der Waals surface area contributed by atoms with E-state index in [1.54, 1.807) is 12.1 Å². The number of benzene rings is 1. The lowest BCUT2D eigenvalue weighted by Gasteiger charge is -2.06. The van der Waals surface area contributed by atoms with Gasteiger partial charge in [0.05, 0.1) is 18.7 Å². The monoisotopic (exact) mass is 331 g/mol. The van der Waals surface area contributed by atoms with Crippen molar-refractivity contribution in [1.29, 1.82) is 0 Å². The van der Waals surface area contributed by atoms with E-state index in [0.717, 1.165) is 30.8 Å². The Morgan fingerprint density at radius 3 is 2.71 bits per heavy atom. The summed E-state index contributed by atoms with van der Waals surface area (Å²) in [6.45, 7) is 7.20. The Labute approximate surface area is 142 Å². The first kappa shape index (κ1) is 18.0. The van der Waals surface area contributed by atoms with Crippen LogP contribution in [-0.4, -0.2) is 22.7 Å². The molecular formula is C18H25N3O3. The number of hydrogen-bond acceptors (Lipinski definition) is 6. The van der Waals surface area contributed by atoms with E-state index >= 15 is 0 Å². The van der Waals surface area contributed by atoms with Gasteiger partial charge in [0.25, 0.3) is 0 Å². The molecule has 6 nitrogen and oxygen atoms in total. The molecule has 1 aromatic carbocycles. The van der Waals surface area contributed by atoms with Crippen LogP contribution >= 0.6 is 0 Å². The van der Waals surface area contributed by atoms with Crippen molar-refractivity contribution in [2.75, 3.05) is 11.9 Å². The molecule has 6 heteroatoms. The van der Waals surface area contributed by atoms with Gasteiger partial charge in [-0.15, -0.1) is 0 Å². The summed E-state index contributed by atoms with van der Waals surface area (Å²) < 4.78 is 10.4. The number of nitrogens with one attached hydrogen (secondary N) is 1. The van der Waals surface area contributed by atoms with Gasteiger partial charge in [-0.3, -0.25) is 0 Å². The van der Waals surface area contributed by atoms with Crippen LogP contribution in [0.1, 0.15) is 55.7 Å². The van der Waals surface area contributed by atoms with E-state index in [4.69, 9.17) is 9.26 Å². The summed E-state index contributed by atoms with van der Waals surface area (Å²) in [5.74, 6) is 1.49. The second-order valence-corrected chi connectivity index (χ2v) is 6.12. The topological polar surface area (TPSA) is 77.2 Å². The molecule has 1 aromatic heterocycles.